The standard InChI is InChI=1S/C26H30N4O3S/c1-28-16-18-29(19-17-28)24-14-12-23(13-15-24)27-26(31)21-30(20-22-8-4-2-5-9-22)34(32,33)25-10-6-3-7-11-25/h2-15H,16-21H2,1H3,(H,27,31). The Bertz CT molecular complexity index is 1180. The third-order valence-electron chi connectivity index (χ3n) is 5.92. The minimum absolute atomic E-state index is 0.105. The van der Waals surface area contributed by atoms with Crippen LogP contribution in [0.4, 0.5) is 11.4 Å². The fourth-order valence-corrected chi connectivity index (χ4v) is 5.34. The van der Waals surface area contributed by atoms with E-state index in [9.17, 15) is 13.2 Å². The minimum atomic E-state index is -3.85. The first-order chi connectivity index (χ1) is 16.4. The Morgan fingerprint density at radius 1 is 0.853 bits per heavy atom. The summed E-state index contributed by atoms with van der Waals surface area (Å²) in [6, 6.07) is 25.2. The fourth-order valence-electron chi connectivity index (χ4n) is 3.94. The molecule has 0 spiro atoms. The van der Waals surface area contributed by atoms with Gasteiger partial charge in [-0.1, -0.05) is 48.5 Å². The van der Waals surface area contributed by atoms with Gasteiger partial charge in [-0.3, -0.25) is 4.79 Å². The summed E-state index contributed by atoms with van der Waals surface area (Å²) in [5.74, 6) is -0.386. The van der Waals surface area contributed by atoms with Crippen molar-refractivity contribution in [1.29, 1.82) is 0 Å². The van der Waals surface area contributed by atoms with Gasteiger partial charge in [-0.15, -0.1) is 0 Å². The van der Waals surface area contributed by atoms with Crippen LogP contribution in [0.25, 0.3) is 0 Å². The van der Waals surface area contributed by atoms with Crippen LogP contribution in [-0.2, 0) is 21.4 Å². The number of anilines is 2. The number of sulfonamides is 1. The van der Waals surface area contributed by atoms with E-state index < -0.39 is 10.0 Å². The minimum Gasteiger partial charge on any atom is -0.369 e. The van der Waals surface area contributed by atoms with Crippen LogP contribution >= 0.6 is 0 Å². The number of carbonyl (C=O) groups is 1. The Labute approximate surface area is 201 Å². The van der Waals surface area contributed by atoms with Gasteiger partial charge in [0.15, 0.2) is 0 Å². The van der Waals surface area contributed by atoms with Crippen molar-refractivity contribution >= 4 is 27.3 Å². The van der Waals surface area contributed by atoms with E-state index in [2.05, 4.69) is 22.2 Å². The zero-order valence-electron chi connectivity index (χ0n) is 19.3. The Kier molecular flexibility index (Phi) is 7.62. The van der Waals surface area contributed by atoms with E-state index in [1.165, 1.54) is 4.31 Å². The van der Waals surface area contributed by atoms with Crippen LogP contribution in [0.1, 0.15) is 5.56 Å². The highest BCUT2D eigenvalue weighted by Gasteiger charge is 2.27. The van der Waals surface area contributed by atoms with Gasteiger partial charge in [0, 0.05) is 44.1 Å². The molecule has 1 amide bonds. The molecule has 1 aliphatic rings. The van der Waals surface area contributed by atoms with Crippen LogP contribution in [0.3, 0.4) is 0 Å². The summed E-state index contributed by atoms with van der Waals surface area (Å²) in [6.07, 6.45) is 0. The van der Waals surface area contributed by atoms with Gasteiger partial charge in [0.1, 0.15) is 0 Å². The topological polar surface area (TPSA) is 73.0 Å². The number of likely N-dealkylation sites (N-methyl/N-ethyl adjacent to an activating group) is 1. The molecule has 1 saturated heterocycles. The fraction of sp³-hybridized carbons (Fsp3) is 0.269. The third kappa shape index (κ3) is 6.02. The number of amides is 1. The zero-order valence-corrected chi connectivity index (χ0v) is 20.1. The molecule has 34 heavy (non-hydrogen) atoms. The first-order valence-electron chi connectivity index (χ1n) is 11.3. The first kappa shape index (κ1) is 23.9. The highest BCUT2D eigenvalue weighted by atomic mass is 32.2. The van der Waals surface area contributed by atoms with E-state index in [0.717, 1.165) is 37.4 Å². The maximum absolute atomic E-state index is 13.3. The number of benzene rings is 3. The van der Waals surface area contributed by atoms with Crippen molar-refractivity contribution in [2.75, 3.05) is 50.0 Å². The maximum Gasteiger partial charge on any atom is 0.243 e. The molecule has 3 aromatic carbocycles. The van der Waals surface area contributed by atoms with Crippen LogP contribution in [0, 0.1) is 0 Å². The van der Waals surface area contributed by atoms with Crippen LogP contribution in [0.5, 0.6) is 0 Å². The van der Waals surface area contributed by atoms with Crippen molar-refractivity contribution in [1.82, 2.24) is 9.21 Å². The van der Waals surface area contributed by atoms with E-state index in [-0.39, 0.29) is 23.9 Å². The van der Waals surface area contributed by atoms with E-state index in [1.54, 1.807) is 30.3 Å². The monoisotopic (exact) mass is 478 g/mol. The second-order valence-electron chi connectivity index (χ2n) is 8.46. The molecule has 1 aliphatic heterocycles. The lowest BCUT2D eigenvalue weighted by Gasteiger charge is -2.34. The van der Waals surface area contributed by atoms with Crippen molar-refractivity contribution in [2.45, 2.75) is 11.4 Å². The summed E-state index contributed by atoms with van der Waals surface area (Å²) in [5, 5.41) is 2.85. The van der Waals surface area contributed by atoms with Crippen molar-refractivity contribution in [3.8, 4) is 0 Å². The van der Waals surface area contributed by atoms with Crippen LogP contribution < -0.4 is 10.2 Å². The maximum atomic E-state index is 13.3. The molecule has 0 aliphatic carbocycles. The molecule has 0 unspecified atom stereocenters. The molecule has 0 aromatic heterocycles. The SMILES string of the molecule is CN1CCN(c2ccc(NC(=O)CN(Cc3ccccc3)S(=O)(=O)c3ccccc3)cc2)CC1. The Morgan fingerprint density at radius 3 is 2.06 bits per heavy atom. The number of nitrogens with one attached hydrogen (secondary N) is 1. The smallest absolute Gasteiger partial charge is 0.243 e. The molecule has 7 nitrogen and oxygen atoms in total. The summed E-state index contributed by atoms with van der Waals surface area (Å²) in [4.78, 5) is 17.7. The average molecular weight is 479 g/mol. The largest absolute Gasteiger partial charge is 0.369 e. The Hall–Kier alpha value is -3.20. The zero-order chi connectivity index (χ0) is 24.0. The molecule has 4 rings (SSSR count). The molecular formula is C26H30N4O3S. The summed E-state index contributed by atoms with van der Waals surface area (Å²) >= 11 is 0. The summed E-state index contributed by atoms with van der Waals surface area (Å²) in [6.45, 7) is 3.79. The lowest BCUT2D eigenvalue weighted by atomic mass is 10.2. The average Bonchev–Trinajstić information content (AvgIpc) is 2.86. The van der Waals surface area contributed by atoms with Gasteiger partial charge in [-0.05, 0) is 49.0 Å². The molecule has 1 fully saturated rings. The second kappa shape index (κ2) is 10.8. The lowest BCUT2D eigenvalue weighted by molar-refractivity contribution is -0.116. The Morgan fingerprint density at radius 2 is 1.44 bits per heavy atom. The normalized spacial score (nSPS) is 14.8. The van der Waals surface area contributed by atoms with Gasteiger partial charge >= 0.3 is 0 Å². The van der Waals surface area contributed by atoms with Gasteiger partial charge < -0.3 is 15.1 Å². The van der Waals surface area contributed by atoms with Gasteiger partial charge in [0.25, 0.3) is 0 Å². The predicted octanol–water partition coefficient (Wildman–Crippen LogP) is 3.27. The second-order valence-corrected chi connectivity index (χ2v) is 10.4. The van der Waals surface area contributed by atoms with Gasteiger partial charge in [-0.2, -0.15) is 4.31 Å². The molecule has 8 heteroatoms. The third-order valence-corrected chi connectivity index (χ3v) is 7.73. The van der Waals surface area contributed by atoms with Crippen molar-refractivity contribution < 1.29 is 13.2 Å². The van der Waals surface area contributed by atoms with Crippen LogP contribution in [0.2, 0.25) is 0 Å². The van der Waals surface area contributed by atoms with E-state index in [4.69, 9.17) is 0 Å². The summed E-state index contributed by atoms with van der Waals surface area (Å²) < 4.78 is 27.8. The first-order valence-corrected chi connectivity index (χ1v) is 12.8. The summed E-state index contributed by atoms with van der Waals surface area (Å²) in [7, 11) is -1.73. The van der Waals surface area contributed by atoms with E-state index >= 15 is 0 Å². The quantitative estimate of drug-likeness (QED) is 0.538. The lowest BCUT2D eigenvalue weighted by Crippen LogP contribution is -2.44. The highest BCUT2D eigenvalue weighted by Crippen LogP contribution is 2.21. The van der Waals surface area contributed by atoms with Gasteiger partial charge in [0.2, 0.25) is 15.9 Å². The number of hydrogen-bond donors (Lipinski definition) is 1. The molecule has 1 heterocycles. The highest BCUT2D eigenvalue weighted by molar-refractivity contribution is 7.89. The van der Waals surface area contributed by atoms with Crippen LogP contribution in [0.15, 0.2) is 89.8 Å². The molecule has 0 bridgehead atoms. The number of rotatable bonds is 8. The van der Waals surface area contributed by atoms with Crippen molar-refractivity contribution in [2.24, 2.45) is 0 Å². The molecule has 3 aromatic rings. The molecule has 0 radical (unpaired) electrons. The van der Waals surface area contributed by atoms with E-state index in [0.29, 0.717) is 5.69 Å². The number of carbonyl (C=O) groups excluding carboxylic acids is 1. The predicted molar refractivity (Wildman–Crippen MR) is 135 cm³/mol. The van der Waals surface area contributed by atoms with E-state index in [1.807, 2.05) is 54.6 Å². The Balaban J connectivity index is 1.46. The number of hydrogen-bond acceptors (Lipinski definition) is 5. The molecule has 0 saturated carbocycles. The number of nitrogens with zero attached hydrogens (tertiary/aromatic N) is 3. The van der Waals surface area contributed by atoms with Gasteiger partial charge in [0.05, 0.1) is 11.4 Å². The van der Waals surface area contributed by atoms with Crippen molar-refractivity contribution in [3.63, 3.8) is 0 Å². The van der Waals surface area contributed by atoms with Gasteiger partial charge in [-0.25, -0.2) is 8.42 Å². The molecule has 0 atom stereocenters. The van der Waals surface area contributed by atoms with Crippen LogP contribution in [-0.4, -0.2) is 63.3 Å². The molecular weight excluding hydrogens is 448 g/mol. The molecule has 1 N–H and O–H groups in total. The van der Waals surface area contributed by atoms with Crippen molar-refractivity contribution in [3.05, 3.63) is 90.5 Å². The summed E-state index contributed by atoms with van der Waals surface area (Å²) in [5.41, 5.74) is 2.56. The molecule has 178 valence electrons. The number of piperazine rings is 1.